The van der Waals surface area contributed by atoms with E-state index in [4.69, 9.17) is 10.6 Å². The lowest BCUT2D eigenvalue weighted by atomic mass is 10.0. The molecule has 3 nitrogen and oxygen atoms in total. The van der Waals surface area contributed by atoms with Gasteiger partial charge in [-0.3, -0.25) is 11.3 Å². The van der Waals surface area contributed by atoms with Gasteiger partial charge in [-0.05, 0) is 41.5 Å². The number of nitrogens with one attached hydrogen (secondary N) is 1. The Balaban J connectivity index is 2.47. The van der Waals surface area contributed by atoms with Crippen molar-refractivity contribution in [1.82, 2.24) is 5.43 Å². The molecule has 3 N–H and O–H groups in total. The maximum absolute atomic E-state index is 5.42. The summed E-state index contributed by atoms with van der Waals surface area (Å²) in [5, 5.41) is 2.37. The van der Waals surface area contributed by atoms with Gasteiger partial charge in [0, 0.05) is 6.04 Å². The number of rotatable bonds is 3. The fraction of sp³-hybridized carbons (Fsp3) is 0.231. The normalized spacial score (nSPS) is 12.7. The quantitative estimate of drug-likeness (QED) is 0.611. The molecule has 2 rings (SSSR count). The number of benzene rings is 2. The van der Waals surface area contributed by atoms with Gasteiger partial charge in [-0.1, -0.05) is 18.2 Å². The molecular formula is C13H16N2O. The highest BCUT2D eigenvalue weighted by Crippen LogP contribution is 2.23. The van der Waals surface area contributed by atoms with Gasteiger partial charge < -0.3 is 4.74 Å². The van der Waals surface area contributed by atoms with Crippen molar-refractivity contribution in [3.63, 3.8) is 0 Å². The van der Waals surface area contributed by atoms with Gasteiger partial charge in [0.2, 0.25) is 0 Å². The number of hydrazine groups is 1. The topological polar surface area (TPSA) is 47.3 Å². The Morgan fingerprint density at radius 2 is 1.81 bits per heavy atom. The van der Waals surface area contributed by atoms with Gasteiger partial charge in [-0.15, -0.1) is 0 Å². The van der Waals surface area contributed by atoms with Gasteiger partial charge in [0.05, 0.1) is 7.11 Å². The third-order valence-corrected chi connectivity index (χ3v) is 2.82. The van der Waals surface area contributed by atoms with E-state index in [2.05, 4.69) is 29.7 Å². The van der Waals surface area contributed by atoms with Gasteiger partial charge in [0.25, 0.3) is 0 Å². The summed E-state index contributed by atoms with van der Waals surface area (Å²) in [7, 11) is 1.68. The van der Waals surface area contributed by atoms with Crippen LogP contribution < -0.4 is 16.0 Å². The second-order valence-corrected chi connectivity index (χ2v) is 3.86. The molecule has 2 aromatic carbocycles. The largest absolute Gasteiger partial charge is 0.497 e. The van der Waals surface area contributed by atoms with Crippen LogP contribution in [-0.4, -0.2) is 7.11 Å². The Labute approximate surface area is 95.2 Å². The molecular weight excluding hydrogens is 200 g/mol. The zero-order valence-electron chi connectivity index (χ0n) is 9.53. The van der Waals surface area contributed by atoms with E-state index in [1.165, 1.54) is 16.3 Å². The predicted molar refractivity (Wildman–Crippen MR) is 66.2 cm³/mol. The second kappa shape index (κ2) is 4.51. The van der Waals surface area contributed by atoms with Crippen molar-refractivity contribution in [2.45, 2.75) is 13.0 Å². The highest BCUT2D eigenvalue weighted by molar-refractivity contribution is 5.84. The van der Waals surface area contributed by atoms with Gasteiger partial charge in [0.1, 0.15) is 5.75 Å². The van der Waals surface area contributed by atoms with E-state index >= 15 is 0 Å². The molecule has 0 spiro atoms. The average molecular weight is 216 g/mol. The van der Waals surface area contributed by atoms with Crippen molar-refractivity contribution in [3.8, 4) is 5.75 Å². The van der Waals surface area contributed by atoms with Crippen LogP contribution in [0.15, 0.2) is 36.4 Å². The third-order valence-electron chi connectivity index (χ3n) is 2.82. The van der Waals surface area contributed by atoms with Gasteiger partial charge in [0.15, 0.2) is 0 Å². The minimum absolute atomic E-state index is 0.159. The van der Waals surface area contributed by atoms with Crippen molar-refractivity contribution >= 4 is 10.8 Å². The maximum atomic E-state index is 5.42. The maximum Gasteiger partial charge on any atom is 0.119 e. The molecule has 0 aliphatic rings. The SMILES string of the molecule is COc1ccc2cc([C@@H](C)NN)ccc2c1. The van der Waals surface area contributed by atoms with Gasteiger partial charge in [-0.2, -0.15) is 0 Å². The monoisotopic (exact) mass is 216 g/mol. The summed E-state index contributed by atoms with van der Waals surface area (Å²) in [6.07, 6.45) is 0. The molecule has 16 heavy (non-hydrogen) atoms. The Morgan fingerprint density at radius 3 is 2.50 bits per heavy atom. The van der Waals surface area contributed by atoms with Crippen LogP contribution in [0.3, 0.4) is 0 Å². The molecule has 0 unspecified atom stereocenters. The number of ether oxygens (including phenoxy) is 1. The molecule has 84 valence electrons. The summed E-state index contributed by atoms with van der Waals surface area (Å²) in [5.74, 6) is 6.30. The summed E-state index contributed by atoms with van der Waals surface area (Å²) in [4.78, 5) is 0. The van der Waals surface area contributed by atoms with Crippen molar-refractivity contribution in [2.75, 3.05) is 7.11 Å². The third kappa shape index (κ3) is 2.01. The number of nitrogens with two attached hydrogens (primary N) is 1. The average Bonchev–Trinajstić information content (AvgIpc) is 2.36. The predicted octanol–water partition coefficient (Wildman–Crippen LogP) is 2.37. The van der Waals surface area contributed by atoms with Crippen molar-refractivity contribution in [1.29, 1.82) is 0 Å². The van der Waals surface area contributed by atoms with Crippen LogP contribution >= 0.6 is 0 Å². The lowest BCUT2D eigenvalue weighted by Crippen LogP contribution is -2.25. The molecule has 0 amide bonds. The lowest BCUT2D eigenvalue weighted by molar-refractivity contribution is 0.415. The van der Waals surface area contributed by atoms with E-state index in [0.717, 1.165) is 5.75 Å². The summed E-state index contributed by atoms with van der Waals surface area (Å²) >= 11 is 0. The number of fused-ring (bicyclic) bond motifs is 1. The van der Waals surface area contributed by atoms with Crippen molar-refractivity contribution < 1.29 is 4.74 Å². The smallest absolute Gasteiger partial charge is 0.119 e. The molecule has 0 radical (unpaired) electrons. The van der Waals surface area contributed by atoms with E-state index in [1.54, 1.807) is 7.11 Å². The second-order valence-electron chi connectivity index (χ2n) is 3.86. The molecule has 3 heteroatoms. The van der Waals surface area contributed by atoms with Crippen LogP contribution in [0.1, 0.15) is 18.5 Å². The molecule has 0 saturated heterocycles. The van der Waals surface area contributed by atoms with E-state index in [-0.39, 0.29) is 6.04 Å². The Morgan fingerprint density at radius 1 is 1.12 bits per heavy atom. The number of hydrogen-bond acceptors (Lipinski definition) is 3. The number of methoxy groups -OCH3 is 1. The van der Waals surface area contributed by atoms with Gasteiger partial charge in [-0.25, -0.2) is 0 Å². The van der Waals surface area contributed by atoms with Gasteiger partial charge >= 0.3 is 0 Å². The Kier molecular flexibility index (Phi) is 3.08. The summed E-state index contributed by atoms with van der Waals surface area (Å²) in [6, 6.07) is 12.5. The first-order chi connectivity index (χ1) is 7.74. The van der Waals surface area contributed by atoms with E-state index < -0.39 is 0 Å². The van der Waals surface area contributed by atoms with Crippen LogP contribution in [0.4, 0.5) is 0 Å². The first-order valence-electron chi connectivity index (χ1n) is 5.28. The first kappa shape index (κ1) is 10.9. The van der Waals surface area contributed by atoms with Crippen LogP contribution in [0.5, 0.6) is 5.75 Å². The molecule has 0 aliphatic carbocycles. The summed E-state index contributed by atoms with van der Waals surface area (Å²) in [5.41, 5.74) is 3.92. The van der Waals surface area contributed by atoms with Crippen LogP contribution in [-0.2, 0) is 0 Å². The minimum atomic E-state index is 0.159. The molecule has 0 bridgehead atoms. The molecule has 0 fully saturated rings. The Bertz CT molecular complexity index is 496. The van der Waals surface area contributed by atoms with Crippen molar-refractivity contribution in [3.05, 3.63) is 42.0 Å². The fourth-order valence-electron chi connectivity index (χ4n) is 1.73. The zero-order chi connectivity index (χ0) is 11.5. The first-order valence-corrected chi connectivity index (χ1v) is 5.28. The molecule has 1 atom stereocenters. The van der Waals surface area contributed by atoms with E-state index in [0.29, 0.717) is 0 Å². The van der Waals surface area contributed by atoms with Crippen LogP contribution in [0.25, 0.3) is 10.8 Å². The molecule has 0 aliphatic heterocycles. The lowest BCUT2D eigenvalue weighted by Gasteiger charge is -2.11. The highest BCUT2D eigenvalue weighted by atomic mass is 16.5. The zero-order valence-corrected chi connectivity index (χ0v) is 9.53. The number of hydrogen-bond donors (Lipinski definition) is 2. The molecule has 0 heterocycles. The van der Waals surface area contributed by atoms with E-state index in [1.807, 2.05) is 19.1 Å². The molecule has 2 aromatic rings. The molecule has 0 aromatic heterocycles. The fourth-order valence-corrected chi connectivity index (χ4v) is 1.73. The van der Waals surface area contributed by atoms with Crippen LogP contribution in [0.2, 0.25) is 0 Å². The Hall–Kier alpha value is -1.58. The summed E-state index contributed by atoms with van der Waals surface area (Å²) in [6.45, 7) is 2.03. The highest BCUT2D eigenvalue weighted by Gasteiger charge is 2.04. The molecule has 0 saturated carbocycles. The standard InChI is InChI=1S/C13H16N2O/c1-9(15-14)10-3-4-12-8-13(16-2)6-5-11(12)7-10/h3-9,15H,14H2,1-2H3/t9-/m1/s1. The summed E-state index contributed by atoms with van der Waals surface area (Å²) < 4.78 is 5.19. The van der Waals surface area contributed by atoms with Crippen LogP contribution in [0, 0.1) is 0 Å². The minimum Gasteiger partial charge on any atom is -0.497 e. The van der Waals surface area contributed by atoms with E-state index in [9.17, 15) is 0 Å². The van der Waals surface area contributed by atoms with Crippen molar-refractivity contribution in [2.24, 2.45) is 5.84 Å².